The Morgan fingerprint density at radius 1 is 1.41 bits per heavy atom. The van der Waals surface area contributed by atoms with Gasteiger partial charge in [-0.15, -0.1) is 0 Å². The zero-order valence-electron chi connectivity index (χ0n) is 9.07. The number of azide groups is 1. The molecular weight excluding hydrogens is 228 g/mol. The molecule has 0 spiro atoms. The molecule has 17 heavy (non-hydrogen) atoms. The number of methoxy groups -OCH3 is 1. The van der Waals surface area contributed by atoms with Gasteiger partial charge >= 0.3 is 0 Å². The lowest BCUT2D eigenvalue weighted by atomic mass is 10.2. The average Bonchev–Trinajstić information content (AvgIpc) is 2.34. The molecule has 1 aromatic rings. The first-order chi connectivity index (χ1) is 8.20. The minimum Gasteiger partial charge on any atom is -0.494 e. The predicted octanol–water partition coefficient (Wildman–Crippen LogP) is 3.03. The fourth-order valence-corrected chi connectivity index (χ4v) is 1.09. The first-order valence-electron chi connectivity index (χ1n) is 4.72. The topological polar surface area (TPSA) is 58.0 Å². The second-order valence-corrected chi connectivity index (χ2v) is 2.95. The SMILES string of the molecule is COc1ccc(C#CCCN=[N+]=[N-])c(F)c1F. The van der Waals surface area contributed by atoms with Crippen LogP contribution in [0.2, 0.25) is 0 Å². The number of ether oxygens (including phenoxy) is 1. The van der Waals surface area contributed by atoms with Gasteiger partial charge in [0, 0.05) is 17.9 Å². The van der Waals surface area contributed by atoms with Crippen molar-refractivity contribution in [1.82, 2.24) is 0 Å². The Morgan fingerprint density at radius 3 is 2.82 bits per heavy atom. The van der Waals surface area contributed by atoms with Gasteiger partial charge in [0.1, 0.15) is 0 Å². The van der Waals surface area contributed by atoms with Gasteiger partial charge in [0.2, 0.25) is 5.82 Å². The summed E-state index contributed by atoms with van der Waals surface area (Å²) in [5.41, 5.74) is 7.96. The van der Waals surface area contributed by atoms with E-state index in [9.17, 15) is 8.78 Å². The van der Waals surface area contributed by atoms with Crippen LogP contribution in [0.15, 0.2) is 17.2 Å². The Hall–Kier alpha value is -2.25. The third-order valence-corrected chi connectivity index (χ3v) is 1.89. The van der Waals surface area contributed by atoms with Crippen molar-refractivity contribution in [3.05, 3.63) is 39.8 Å². The van der Waals surface area contributed by atoms with Crippen LogP contribution in [0.25, 0.3) is 10.4 Å². The van der Waals surface area contributed by atoms with Crippen molar-refractivity contribution in [3.63, 3.8) is 0 Å². The summed E-state index contributed by atoms with van der Waals surface area (Å²) in [4.78, 5) is 2.54. The van der Waals surface area contributed by atoms with E-state index in [0.717, 1.165) is 0 Å². The minimum absolute atomic E-state index is 0.0516. The number of hydrogen-bond donors (Lipinski definition) is 0. The highest BCUT2D eigenvalue weighted by Crippen LogP contribution is 2.21. The van der Waals surface area contributed by atoms with E-state index < -0.39 is 11.6 Å². The third-order valence-electron chi connectivity index (χ3n) is 1.89. The van der Waals surface area contributed by atoms with Crippen molar-refractivity contribution in [2.45, 2.75) is 6.42 Å². The second kappa shape index (κ2) is 6.36. The summed E-state index contributed by atoms with van der Waals surface area (Å²) in [6.45, 7) is 0.198. The summed E-state index contributed by atoms with van der Waals surface area (Å²) in [5.74, 6) is 2.77. The lowest BCUT2D eigenvalue weighted by Gasteiger charge is -2.02. The molecule has 0 N–H and O–H groups in total. The summed E-state index contributed by atoms with van der Waals surface area (Å²) in [6, 6.07) is 2.63. The molecule has 0 saturated carbocycles. The molecule has 0 heterocycles. The number of benzene rings is 1. The monoisotopic (exact) mass is 237 g/mol. The molecule has 0 fully saturated rings. The number of halogens is 2. The molecule has 1 aromatic carbocycles. The molecule has 0 radical (unpaired) electrons. The van der Waals surface area contributed by atoms with Crippen molar-refractivity contribution in [2.75, 3.05) is 13.7 Å². The van der Waals surface area contributed by atoms with E-state index in [1.54, 1.807) is 0 Å². The molecule has 88 valence electrons. The predicted molar refractivity (Wildman–Crippen MR) is 58.4 cm³/mol. The van der Waals surface area contributed by atoms with E-state index >= 15 is 0 Å². The van der Waals surface area contributed by atoms with Gasteiger partial charge in [-0.1, -0.05) is 17.0 Å². The summed E-state index contributed by atoms with van der Waals surface area (Å²) < 4.78 is 31.3. The van der Waals surface area contributed by atoms with E-state index in [1.165, 1.54) is 19.2 Å². The Kier molecular flexibility index (Phi) is 4.79. The smallest absolute Gasteiger partial charge is 0.201 e. The Morgan fingerprint density at radius 2 is 2.18 bits per heavy atom. The minimum atomic E-state index is -1.06. The standard InChI is InChI=1S/C11H9F2N3O/c1-17-9-6-5-8(10(12)11(9)13)4-2-3-7-15-16-14/h5-6H,3,7H2,1H3. The van der Waals surface area contributed by atoms with Gasteiger partial charge in [0.25, 0.3) is 0 Å². The molecule has 6 heteroatoms. The Bertz CT molecular complexity index is 513. The fourth-order valence-electron chi connectivity index (χ4n) is 1.09. The van der Waals surface area contributed by atoms with Crippen molar-refractivity contribution in [2.24, 2.45) is 5.11 Å². The lowest BCUT2D eigenvalue weighted by molar-refractivity contribution is 0.371. The normalized spacial score (nSPS) is 8.88. The van der Waals surface area contributed by atoms with Crippen LogP contribution in [0.4, 0.5) is 8.78 Å². The Labute approximate surface area is 96.8 Å². The van der Waals surface area contributed by atoms with Crippen LogP contribution >= 0.6 is 0 Å². The summed E-state index contributed by atoms with van der Waals surface area (Å²) in [5, 5.41) is 3.26. The summed E-state index contributed by atoms with van der Waals surface area (Å²) in [7, 11) is 1.25. The van der Waals surface area contributed by atoms with Crippen LogP contribution in [0.3, 0.4) is 0 Å². The van der Waals surface area contributed by atoms with Gasteiger partial charge in [0.05, 0.1) is 12.7 Å². The summed E-state index contributed by atoms with van der Waals surface area (Å²) >= 11 is 0. The highest BCUT2D eigenvalue weighted by molar-refractivity contribution is 5.40. The first-order valence-corrected chi connectivity index (χ1v) is 4.72. The quantitative estimate of drug-likeness (QED) is 0.262. The maximum absolute atomic E-state index is 13.4. The van der Waals surface area contributed by atoms with E-state index in [0.29, 0.717) is 0 Å². The van der Waals surface area contributed by atoms with Gasteiger partial charge in [-0.25, -0.2) is 4.39 Å². The molecule has 0 unspecified atom stereocenters. The van der Waals surface area contributed by atoms with E-state index in [-0.39, 0.29) is 24.3 Å². The van der Waals surface area contributed by atoms with Gasteiger partial charge in [-0.3, -0.25) is 0 Å². The molecule has 4 nitrogen and oxygen atoms in total. The Balaban J connectivity index is 2.85. The fraction of sp³-hybridized carbons (Fsp3) is 0.273. The van der Waals surface area contributed by atoms with Crippen LogP contribution in [0.1, 0.15) is 12.0 Å². The molecule has 1 rings (SSSR count). The molecular formula is C11H9F2N3O. The molecule has 0 aliphatic rings. The van der Waals surface area contributed by atoms with Crippen molar-refractivity contribution in [3.8, 4) is 17.6 Å². The lowest BCUT2D eigenvalue weighted by Crippen LogP contribution is -1.95. The van der Waals surface area contributed by atoms with Crippen LogP contribution in [0, 0.1) is 23.5 Å². The van der Waals surface area contributed by atoms with Crippen molar-refractivity contribution >= 4 is 0 Å². The molecule has 0 saturated heterocycles. The van der Waals surface area contributed by atoms with Crippen LogP contribution in [0.5, 0.6) is 5.75 Å². The van der Waals surface area contributed by atoms with Gasteiger partial charge < -0.3 is 4.74 Å². The van der Waals surface area contributed by atoms with Gasteiger partial charge in [-0.05, 0) is 17.7 Å². The summed E-state index contributed by atoms with van der Waals surface area (Å²) in [6.07, 6.45) is 0.289. The molecule has 0 aromatic heterocycles. The van der Waals surface area contributed by atoms with Crippen LogP contribution < -0.4 is 4.74 Å². The van der Waals surface area contributed by atoms with Crippen LogP contribution in [-0.4, -0.2) is 13.7 Å². The van der Waals surface area contributed by atoms with E-state index in [2.05, 4.69) is 26.6 Å². The van der Waals surface area contributed by atoms with E-state index in [1.807, 2.05) is 0 Å². The number of rotatable bonds is 3. The van der Waals surface area contributed by atoms with Gasteiger partial charge in [-0.2, -0.15) is 4.39 Å². The molecule has 0 atom stereocenters. The molecule has 0 aliphatic heterocycles. The molecule has 0 bridgehead atoms. The largest absolute Gasteiger partial charge is 0.494 e. The number of hydrogen-bond acceptors (Lipinski definition) is 2. The zero-order chi connectivity index (χ0) is 12.7. The maximum Gasteiger partial charge on any atom is 0.201 e. The zero-order valence-corrected chi connectivity index (χ0v) is 9.07. The highest BCUT2D eigenvalue weighted by Gasteiger charge is 2.11. The van der Waals surface area contributed by atoms with Crippen molar-refractivity contribution in [1.29, 1.82) is 0 Å². The highest BCUT2D eigenvalue weighted by atomic mass is 19.2. The maximum atomic E-state index is 13.4. The second-order valence-electron chi connectivity index (χ2n) is 2.95. The number of nitrogens with zero attached hydrogens (tertiary/aromatic N) is 3. The van der Waals surface area contributed by atoms with Crippen LogP contribution in [-0.2, 0) is 0 Å². The van der Waals surface area contributed by atoms with Gasteiger partial charge in [0.15, 0.2) is 11.6 Å². The third kappa shape index (κ3) is 3.37. The average molecular weight is 237 g/mol. The first kappa shape index (κ1) is 12.8. The molecule has 0 amide bonds. The molecule has 0 aliphatic carbocycles. The van der Waals surface area contributed by atoms with Crippen molar-refractivity contribution < 1.29 is 13.5 Å². The van der Waals surface area contributed by atoms with E-state index in [4.69, 9.17) is 5.53 Å².